The lowest BCUT2D eigenvalue weighted by atomic mass is 10.1. The van der Waals surface area contributed by atoms with Gasteiger partial charge in [0.25, 0.3) is 0 Å². The minimum absolute atomic E-state index is 0.206. The molecule has 0 saturated heterocycles. The Morgan fingerprint density at radius 1 is 1.11 bits per heavy atom. The molecule has 0 aliphatic carbocycles. The first kappa shape index (κ1) is 13.6. The van der Waals surface area contributed by atoms with Gasteiger partial charge < -0.3 is 10.1 Å². The van der Waals surface area contributed by atoms with Gasteiger partial charge in [-0.2, -0.15) is 0 Å². The van der Waals surface area contributed by atoms with E-state index in [9.17, 15) is 4.39 Å². The van der Waals surface area contributed by atoms with Crippen LogP contribution in [0, 0.1) is 12.7 Å². The van der Waals surface area contributed by atoms with Crippen LogP contribution in [0.1, 0.15) is 17.2 Å². The lowest BCUT2D eigenvalue weighted by Gasteiger charge is -2.20. The minimum atomic E-state index is -0.292. The summed E-state index contributed by atoms with van der Waals surface area (Å²) in [5.74, 6) is 0.00337. The van der Waals surface area contributed by atoms with E-state index >= 15 is 0 Å². The Morgan fingerprint density at radius 3 is 2.53 bits per heavy atom. The summed E-state index contributed by atoms with van der Waals surface area (Å²) < 4.78 is 19.8. The third kappa shape index (κ3) is 3.32. The van der Waals surface area contributed by atoms with Crippen molar-refractivity contribution in [1.82, 2.24) is 5.32 Å². The van der Waals surface area contributed by atoms with Crippen molar-refractivity contribution in [1.29, 1.82) is 0 Å². The zero-order chi connectivity index (χ0) is 13.7. The first-order valence-corrected chi connectivity index (χ1v) is 6.33. The predicted molar refractivity (Wildman–Crippen MR) is 74.9 cm³/mol. The number of benzene rings is 2. The lowest BCUT2D eigenvalue weighted by Crippen LogP contribution is -2.22. The van der Waals surface area contributed by atoms with Crippen LogP contribution in [0.15, 0.2) is 48.5 Å². The summed E-state index contributed by atoms with van der Waals surface area (Å²) in [4.78, 5) is 0. The highest BCUT2D eigenvalue weighted by Crippen LogP contribution is 2.25. The fraction of sp³-hybridized carbons (Fsp3) is 0.250. The van der Waals surface area contributed by atoms with Gasteiger partial charge in [0.1, 0.15) is 6.10 Å². The molecule has 0 aliphatic heterocycles. The Bertz CT molecular complexity index is 528. The number of hydrogen-bond donors (Lipinski definition) is 1. The van der Waals surface area contributed by atoms with E-state index in [1.165, 1.54) is 0 Å². The van der Waals surface area contributed by atoms with Crippen LogP contribution in [0.4, 0.5) is 4.39 Å². The maximum absolute atomic E-state index is 14.0. The second-order valence-corrected chi connectivity index (χ2v) is 4.46. The molecule has 2 aromatic carbocycles. The zero-order valence-corrected chi connectivity index (χ0v) is 11.2. The summed E-state index contributed by atoms with van der Waals surface area (Å²) in [6, 6.07) is 15.0. The highest BCUT2D eigenvalue weighted by atomic mass is 19.1. The van der Waals surface area contributed by atoms with E-state index in [1.54, 1.807) is 25.1 Å². The van der Waals surface area contributed by atoms with Gasteiger partial charge in [-0.3, -0.25) is 0 Å². The zero-order valence-electron chi connectivity index (χ0n) is 11.2. The van der Waals surface area contributed by atoms with Crippen LogP contribution in [0.2, 0.25) is 0 Å². The van der Waals surface area contributed by atoms with E-state index in [0.717, 1.165) is 5.56 Å². The van der Waals surface area contributed by atoms with Crippen LogP contribution >= 0.6 is 0 Å². The van der Waals surface area contributed by atoms with Crippen LogP contribution in [-0.4, -0.2) is 13.6 Å². The van der Waals surface area contributed by atoms with E-state index in [2.05, 4.69) is 5.32 Å². The fourth-order valence-corrected chi connectivity index (χ4v) is 1.95. The van der Waals surface area contributed by atoms with Crippen LogP contribution in [-0.2, 0) is 0 Å². The molecule has 0 radical (unpaired) electrons. The quantitative estimate of drug-likeness (QED) is 0.887. The van der Waals surface area contributed by atoms with Crippen molar-refractivity contribution in [2.75, 3.05) is 13.6 Å². The molecule has 0 aromatic heterocycles. The molecule has 2 rings (SSSR count). The molecule has 1 unspecified atom stereocenters. The van der Waals surface area contributed by atoms with Crippen LogP contribution in [0.5, 0.6) is 5.75 Å². The molecular weight excluding hydrogens is 241 g/mol. The van der Waals surface area contributed by atoms with E-state index in [4.69, 9.17) is 4.74 Å². The lowest BCUT2D eigenvalue weighted by molar-refractivity contribution is 0.195. The third-order valence-electron chi connectivity index (χ3n) is 2.99. The maximum atomic E-state index is 14.0. The number of ether oxygens (including phenoxy) is 1. The second kappa shape index (κ2) is 6.34. The molecule has 1 atom stereocenters. The number of likely N-dealkylation sites (N-methyl/N-ethyl adjacent to an activating group) is 1. The van der Waals surface area contributed by atoms with Crippen LogP contribution in [0.3, 0.4) is 0 Å². The molecular formula is C16H18FNO. The molecule has 0 spiro atoms. The molecule has 100 valence electrons. The summed E-state index contributed by atoms with van der Waals surface area (Å²) in [5.41, 5.74) is 1.62. The summed E-state index contributed by atoms with van der Waals surface area (Å²) in [6.07, 6.45) is -0.206. The summed E-state index contributed by atoms with van der Waals surface area (Å²) >= 11 is 0. The van der Waals surface area contributed by atoms with Crippen molar-refractivity contribution in [3.63, 3.8) is 0 Å². The van der Waals surface area contributed by atoms with Crippen molar-refractivity contribution in [3.8, 4) is 5.75 Å². The van der Waals surface area contributed by atoms with Gasteiger partial charge in [0, 0.05) is 6.54 Å². The fourth-order valence-electron chi connectivity index (χ4n) is 1.95. The Balaban J connectivity index is 2.24. The van der Waals surface area contributed by atoms with Crippen molar-refractivity contribution in [3.05, 3.63) is 65.5 Å². The van der Waals surface area contributed by atoms with Crippen molar-refractivity contribution in [2.24, 2.45) is 0 Å². The summed E-state index contributed by atoms with van der Waals surface area (Å²) in [6.45, 7) is 2.36. The maximum Gasteiger partial charge on any atom is 0.167 e. The molecule has 0 amide bonds. The smallest absolute Gasteiger partial charge is 0.167 e. The Labute approximate surface area is 113 Å². The van der Waals surface area contributed by atoms with Gasteiger partial charge in [-0.15, -0.1) is 0 Å². The summed E-state index contributed by atoms with van der Waals surface area (Å²) in [5, 5.41) is 3.07. The van der Waals surface area contributed by atoms with Crippen molar-refractivity contribution < 1.29 is 9.13 Å². The molecule has 0 heterocycles. The van der Waals surface area contributed by atoms with E-state index < -0.39 is 0 Å². The van der Waals surface area contributed by atoms with E-state index in [-0.39, 0.29) is 11.9 Å². The Kier molecular flexibility index (Phi) is 4.53. The SMILES string of the molecule is CNCC(Oc1cccc(C)c1F)c1ccccc1. The Hall–Kier alpha value is -1.87. The number of nitrogens with one attached hydrogen (secondary N) is 1. The Morgan fingerprint density at radius 2 is 1.84 bits per heavy atom. The first-order valence-electron chi connectivity index (χ1n) is 6.33. The van der Waals surface area contributed by atoms with Gasteiger partial charge in [-0.1, -0.05) is 42.5 Å². The van der Waals surface area contributed by atoms with Crippen LogP contribution in [0.25, 0.3) is 0 Å². The second-order valence-electron chi connectivity index (χ2n) is 4.46. The largest absolute Gasteiger partial charge is 0.481 e. The average Bonchev–Trinajstić information content (AvgIpc) is 2.44. The molecule has 19 heavy (non-hydrogen) atoms. The molecule has 0 bridgehead atoms. The molecule has 0 fully saturated rings. The molecule has 0 aliphatic rings. The first-order chi connectivity index (χ1) is 9.22. The number of halogens is 1. The number of aryl methyl sites for hydroxylation is 1. The molecule has 2 nitrogen and oxygen atoms in total. The van der Waals surface area contributed by atoms with Gasteiger partial charge in [0.05, 0.1) is 0 Å². The van der Waals surface area contributed by atoms with Gasteiger partial charge in [0.2, 0.25) is 0 Å². The van der Waals surface area contributed by atoms with Crippen LogP contribution < -0.4 is 10.1 Å². The monoisotopic (exact) mass is 259 g/mol. The van der Waals surface area contributed by atoms with Gasteiger partial charge in [-0.05, 0) is 31.2 Å². The minimum Gasteiger partial charge on any atom is -0.481 e. The third-order valence-corrected chi connectivity index (χ3v) is 2.99. The number of hydrogen-bond acceptors (Lipinski definition) is 2. The molecule has 0 saturated carbocycles. The highest BCUT2D eigenvalue weighted by Gasteiger charge is 2.15. The van der Waals surface area contributed by atoms with Crippen molar-refractivity contribution >= 4 is 0 Å². The molecule has 2 aromatic rings. The predicted octanol–water partition coefficient (Wildman–Crippen LogP) is 3.47. The molecule has 1 N–H and O–H groups in total. The highest BCUT2D eigenvalue weighted by molar-refractivity contribution is 5.31. The van der Waals surface area contributed by atoms with E-state index in [0.29, 0.717) is 17.9 Å². The standard InChI is InChI=1S/C16H18FNO/c1-12-7-6-10-14(16(12)17)19-15(11-18-2)13-8-4-3-5-9-13/h3-10,15,18H,11H2,1-2H3. The van der Waals surface area contributed by atoms with E-state index in [1.807, 2.05) is 37.4 Å². The van der Waals surface area contributed by atoms with Gasteiger partial charge >= 0.3 is 0 Å². The van der Waals surface area contributed by atoms with Gasteiger partial charge in [-0.25, -0.2) is 4.39 Å². The topological polar surface area (TPSA) is 21.3 Å². The van der Waals surface area contributed by atoms with Gasteiger partial charge in [0.15, 0.2) is 11.6 Å². The summed E-state index contributed by atoms with van der Waals surface area (Å²) in [7, 11) is 1.85. The average molecular weight is 259 g/mol. The van der Waals surface area contributed by atoms with Crippen molar-refractivity contribution in [2.45, 2.75) is 13.0 Å². The number of rotatable bonds is 5. The normalized spacial score (nSPS) is 12.2. The molecule has 3 heteroatoms.